The normalized spacial score (nSPS) is 20.3. The van der Waals surface area contributed by atoms with Crippen molar-refractivity contribution >= 4 is 23.5 Å². The van der Waals surface area contributed by atoms with E-state index < -0.39 is 5.97 Å². The molecule has 1 saturated heterocycles. The first-order chi connectivity index (χ1) is 8.18. The van der Waals surface area contributed by atoms with Gasteiger partial charge in [-0.2, -0.15) is 11.8 Å². The van der Waals surface area contributed by atoms with Gasteiger partial charge in [0.2, 0.25) is 0 Å². The van der Waals surface area contributed by atoms with Crippen molar-refractivity contribution in [3.63, 3.8) is 0 Å². The van der Waals surface area contributed by atoms with Crippen molar-refractivity contribution in [2.45, 2.75) is 19.4 Å². The molecule has 17 heavy (non-hydrogen) atoms. The Morgan fingerprint density at radius 3 is 3.06 bits per heavy atom. The molecule has 2 rings (SSSR count). The summed E-state index contributed by atoms with van der Waals surface area (Å²) in [6.07, 6.45) is 3.47. The van der Waals surface area contributed by atoms with E-state index >= 15 is 0 Å². The highest BCUT2D eigenvalue weighted by atomic mass is 32.2. The van der Waals surface area contributed by atoms with Crippen LogP contribution in [0.15, 0.2) is 12.4 Å². The first kappa shape index (κ1) is 12.2. The fourth-order valence-electron chi connectivity index (χ4n) is 1.99. The van der Waals surface area contributed by atoms with E-state index in [2.05, 4.69) is 14.9 Å². The molecule has 1 N–H and O–H groups in total. The van der Waals surface area contributed by atoms with E-state index in [4.69, 9.17) is 5.11 Å². The minimum atomic E-state index is -0.760. The van der Waals surface area contributed by atoms with Crippen molar-refractivity contribution in [1.29, 1.82) is 0 Å². The molecule has 6 heteroatoms. The predicted octanol–water partition coefficient (Wildman–Crippen LogP) is 1.18. The molecule has 1 aliphatic heterocycles. The maximum atomic E-state index is 10.9. The second-order valence-electron chi connectivity index (χ2n) is 3.99. The lowest BCUT2D eigenvalue weighted by Crippen LogP contribution is -2.44. The van der Waals surface area contributed by atoms with Crippen LogP contribution in [-0.4, -0.2) is 45.1 Å². The lowest BCUT2D eigenvalue weighted by molar-refractivity contribution is -0.137. The Bertz CT molecular complexity index is 413. The summed E-state index contributed by atoms with van der Waals surface area (Å²) >= 11 is 1.80. The molecule has 0 aromatic carbocycles. The van der Waals surface area contributed by atoms with Crippen LogP contribution in [0.2, 0.25) is 0 Å². The van der Waals surface area contributed by atoms with Gasteiger partial charge in [0.05, 0.1) is 12.1 Å². The van der Waals surface area contributed by atoms with Crippen LogP contribution in [0.1, 0.15) is 12.1 Å². The molecule has 5 nitrogen and oxygen atoms in total. The van der Waals surface area contributed by atoms with Crippen LogP contribution in [0, 0.1) is 6.92 Å². The van der Waals surface area contributed by atoms with Gasteiger partial charge in [-0.3, -0.25) is 9.78 Å². The van der Waals surface area contributed by atoms with Gasteiger partial charge in [-0.05, 0) is 6.92 Å². The number of hydrogen-bond acceptors (Lipinski definition) is 5. The van der Waals surface area contributed by atoms with Crippen molar-refractivity contribution in [2.75, 3.05) is 23.0 Å². The molecule has 0 amide bonds. The number of nitrogens with zero attached hydrogens (tertiary/aromatic N) is 3. The molecule has 1 fully saturated rings. The van der Waals surface area contributed by atoms with E-state index in [9.17, 15) is 4.79 Å². The molecule has 1 aromatic heterocycles. The number of aliphatic carboxylic acids is 1. The van der Waals surface area contributed by atoms with Crippen LogP contribution in [0.5, 0.6) is 0 Å². The van der Waals surface area contributed by atoms with Crippen molar-refractivity contribution in [3.8, 4) is 0 Å². The predicted molar refractivity (Wildman–Crippen MR) is 67.5 cm³/mol. The summed E-state index contributed by atoms with van der Waals surface area (Å²) in [5.41, 5.74) is 0.856. The molecule has 1 aromatic rings. The number of carboxylic acid groups (broad SMARTS) is 1. The third kappa shape index (κ3) is 2.88. The average molecular weight is 253 g/mol. The highest BCUT2D eigenvalue weighted by molar-refractivity contribution is 7.99. The van der Waals surface area contributed by atoms with Gasteiger partial charge in [-0.15, -0.1) is 0 Å². The molecule has 0 spiro atoms. The molecule has 0 bridgehead atoms. The molecule has 2 heterocycles. The molecular formula is C11H15N3O2S. The van der Waals surface area contributed by atoms with Crippen LogP contribution < -0.4 is 4.90 Å². The number of carbonyl (C=O) groups is 1. The minimum Gasteiger partial charge on any atom is -0.481 e. The van der Waals surface area contributed by atoms with Crippen molar-refractivity contribution in [2.24, 2.45) is 0 Å². The number of rotatable bonds is 3. The Hall–Kier alpha value is -1.30. The molecule has 1 atom stereocenters. The fraction of sp³-hybridized carbons (Fsp3) is 0.545. The molecule has 0 saturated carbocycles. The lowest BCUT2D eigenvalue weighted by Gasteiger charge is -2.35. The Morgan fingerprint density at radius 1 is 1.59 bits per heavy atom. The summed E-state index contributed by atoms with van der Waals surface area (Å²) < 4.78 is 0. The fourth-order valence-corrected chi connectivity index (χ4v) is 3.05. The minimum absolute atomic E-state index is 0.0154. The number of aromatic nitrogens is 2. The summed E-state index contributed by atoms with van der Waals surface area (Å²) in [5.74, 6) is 1.90. The number of thioether (sulfide) groups is 1. The standard InChI is InChI=1S/C11H15N3O2S/c1-8-11(13-3-2-12-8)14-4-5-17-7-9(14)6-10(15)16/h2-3,9H,4-7H2,1H3,(H,15,16). The number of carboxylic acids is 1. The van der Waals surface area contributed by atoms with Crippen LogP contribution in [0.3, 0.4) is 0 Å². The van der Waals surface area contributed by atoms with E-state index in [0.29, 0.717) is 0 Å². The van der Waals surface area contributed by atoms with E-state index in [-0.39, 0.29) is 12.5 Å². The maximum Gasteiger partial charge on any atom is 0.305 e. The summed E-state index contributed by atoms with van der Waals surface area (Å²) in [7, 11) is 0. The molecule has 1 unspecified atom stereocenters. The smallest absolute Gasteiger partial charge is 0.305 e. The van der Waals surface area contributed by atoms with Gasteiger partial charge in [0, 0.05) is 36.5 Å². The Labute approximate surface area is 104 Å². The zero-order chi connectivity index (χ0) is 12.3. The van der Waals surface area contributed by atoms with Gasteiger partial charge in [0.1, 0.15) is 5.82 Å². The van der Waals surface area contributed by atoms with E-state index in [1.165, 1.54) is 0 Å². The SMILES string of the molecule is Cc1nccnc1N1CCSCC1CC(=O)O. The third-order valence-electron chi connectivity index (χ3n) is 2.77. The average Bonchev–Trinajstić information content (AvgIpc) is 2.30. The summed E-state index contributed by atoms with van der Waals surface area (Å²) in [5, 5.41) is 8.93. The number of anilines is 1. The first-order valence-corrected chi connectivity index (χ1v) is 6.67. The first-order valence-electron chi connectivity index (χ1n) is 5.52. The highest BCUT2D eigenvalue weighted by Gasteiger charge is 2.27. The van der Waals surface area contributed by atoms with Crippen LogP contribution >= 0.6 is 11.8 Å². The van der Waals surface area contributed by atoms with Gasteiger partial charge in [-0.25, -0.2) is 4.98 Å². The van der Waals surface area contributed by atoms with E-state index in [0.717, 1.165) is 29.6 Å². The molecule has 92 valence electrons. The second-order valence-corrected chi connectivity index (χ2v) is 5.14. The van der Waals surface area contributed by atoms with Gasteiger partial charge >= 0.3 is 5.97 Å². The Kier molecular flexibility index (Phi) is 3.83. The van der Waals surface area contributed by atoms with Gasteiger partial charge in [0.15, 0.2) is 0 Å². The molecule has 0 aliphatic carbocycles. The lowest BCUT2D eigenvalue weighted by atomic mass is 10.2. The Balaban J connectivity index is 2.21. The zero-order valence-corrected chi connectivity index (χ0v) is 10.5. The monoisotopic (exact) mass is 253 g/mol. The van der Waals surface area contributed by atoms with Crippen molar-refractivity contribution < 1.29 is 9.90 Å². The largest absolute Gasteiger partial charge is 0.481 e. The quantitative estimate of drug-likeness (QED) is 0.872. The Morgan fingerprint density at radius 2 is 2.35 bits per heavy atom. The number of aryl methyl sites for hydroxylation is 1. The van der Waals surface area contributed by atoms with Gasteiger partial charge < -0.3 is 10.0 Å². The number of hydrogen-bond donors (Lipinski definition) is 1. The van der Waals surface area contributed by atoms with Crippen molar-refractivity contribution in [3.05, 3.63) is 18.1 Å². The maximum absolute atomic E-state index is 10.9. The molecule has 0 radical (unpaired) electrons. The van der Waals surface area contributed by atoms with Crippen molar-refractivity contribution in [1.82, 2.24) is 9.97 Å². The van der Waals surface area contributed by atoms with Gasteiger partial charge in [-0.1, -0.05) is 0 Å². The zero-order valence-electron chi connectivity index (χ0n) is 9.67. The molecule has 1 aliphatic rings. The second kappa shape index (κ2) is 5.35. The van der Waals surface area contributed by atoms with E-state index in [1.807, 2.05) is 6.92 Å². The third-order valence-corrected chi connectivity index (χ3v) is 3.86. The highest BCUT2D eigenvalue weighted by Crippen LogP contribution is 2.25. The summed E-state index contributed by atoms with van der Waals surface area (Å²) in [6.45, 7) is 2.74. The van der Waals surface area contributed by atoms with Gasteiger partial charge in [0.25, 0.3) is 0 Å². The van der Waals surface area contributed by atoms with E-state index in [1.54, 1.807) is 24.2 Å². The van der Waals surface area contributed by atoms with Crippen LogP contribution in [-0.2, 0) is 4.79 Å². The summed E-state index contributed by atoms with van der Waals surface area (Å²) in [6, 6.07) is 0.0154. The van der Waals surface area contributed by atoms with Crippen LogP contribution in [0.4, 0.5) is 5.82 Å². The van der Waals surface area contributed by atoms with Crippen LogP contribution in [0.25, 0.3) is 0 Å². The summed E-state index contributed by atoms with van der Waals surface area (Å²) in [4.78, 5) is 21.5. The molecular weight excluding hydrogens is 238 g/mol. The topological polar surface area (TPSA) is 66.3 Å².